The fourth-order valence-electron chi connectivity index (χ4n) is 5.59. The van der Waals surface area contributed by atoms with Crippen LogP contribution in [0.25, 0.3) is 0 Å². The van der Waals surface area contributed by atoms with Crippen molar-refractivity contribution in [1.82, 2.24) is 15.1 Å². The molecule has 1 atom stereocenters. The third-order valence-electron chi connectivity index (χ3n) is 7.81. The molecule has 7 nitrogen and oxygen atoms in total. The molecule has 2 aromatic rings. The van der Waals surface area contributed by atoms with E-state index >= 15 is 0 Å². The summed E-state index contributed by atoms with van der Waals surface area (Å²) in [6.45, 7) is 11.9. The minimum atomic E-state index is -0.769. The number of ether oxygens (including phenoxy) is 2. The summed E-state index contributed by atoms with van der Waals surface area (Å²) in [5, 5.41) is 3.72. The van der Waals surface area contributed by atoms with Crippen LogP contribution in [0.3, 0.4) is 0 Å². The minimum Gasteiger partial charge on any atom is -0.490 e. The zero-order chi connectivity index (χ0) is 28.0. The number of carbonyl (C=O) groups is 2. The number of carbonyl (C=O) groups excluding carboxylic acids is 2. The highest BCUT2D eigenvalue weighted by Crippen LogP contribution is 2.30. The predicted octanol–water partition coefficient (Wildman–Crippen LogP) is 4.69. The summed E-state index contributed by atoms with van der Waals surface area (Å²) in [5.41, 5.74) is 3.72. The van der Waals surface area contributed by atoms with Crippen LogP contribution in [0, 0.1) is 13.8 Å². The van der Waals surface area contributed by atoms with E-state index in [-0.39, 0.29) is 30.9 Å². The number of halogens is 1. The summed E-state index contributed by atoms with van der Waals surface area (Å²) in [5.74, 6) is 0.772. The number of rotatable bonds is 9. The zero-order valence-electron chi connectivity index (χ0n) is 23.7. The maximum absolute atomic E-state index is 13.6. The van der Waals surface area contributed by atoms with Gasteiger partial charge in [0.1, 0.15) is 18.0 Å². The van der Waals surface area contributed by atoms with Crippen molar-refractivity contribution >= 4 is 23.4 Å². The van der Waals surface area contributed by atoms with Crippen LogP contribution in [0.15, 0.2) is 36.4 Å². The second-order valence-electron chi connectivity index (χ2n) is 11.1. The molecule has 0 radical (unpaired) electrons. The average molecular weight is 556 g/mol. The normalized spacial score (nSPS) is 20.6. The van der Waals surface area contributed by atoms with E-state index in [2.05, 4.69) is 41.4 Å². The van der Waals surface area contributed by atoms with Crippen LogP contribution in [0.5, 0.6) is 5.75 Å². The Labute approximate surface area is 237 Å². The van der Waals surface area contributed by atoms with Gasteiger partial charge in [-0.1, -0.05) is 42.8 Å². The number of hydrogen-bond donors (Lipinski definition) is 1. The van der Waals surface area contributed by atoms with Crippen molar-refractivity contribution in [3.63, 3.8) is 0 Å². The van der Waals surface area contributed by atoms with E-state index in [0.717, 1.165) is 54.3 Å². The van der Waals surface area contributed by atoms with Gasteiger partial charge in [0, 0.05) is 50.7 Å². The van der Waals surface area contributed by atoms with Crippen LogP contribution in [-0.2, 0) is 27.3 Å². The molecular formula is C31H42ClN3O4. The molecule has 0 bridgehead atoms. The van der Waals surface area contributed by atoms with E-state index in [1.54, 1.807) is 0 Å². The van der Waals surface area contributed by atoms with Crippen molar-refractivity contribution in [2.75, 3.05) is 39.4 Å². The second-order valence-corrected chi connectivity index (χ2v) is 11.5. The molecule has 39 heavy (non-hydrogen) atoms. The summed E-state index contributed by atoms with van der Waals surface area (Å²) in [6.07, 6.45) is 2.79. The predicted molar refractivity (Wildman–Crippen MR) is 154 cm³/mol. The molecule has 212 valence electrons. The largest absolute Gasteiger partial charge is 0.490 e. The molecule has 2 fully saturated rings. The van der Waals surface area contributed by atoms with Crippen LogP contribution in [0.4, 0.5) is 0 Å². The Bertz CT molecular complexity index is 1120. The van der Waals surface area contributed by atoms with Crippen molar-refractivity contribution in [2.45, 2.75) is 71.6 Å². The SMILES string of the molecule is CCc1ccc(CN2CCO[C@](COc3cc(C)c(Cl)c(C)c3)(CC(=O)N3CCC(NC(C)=O)CC3)C2)cc1. The summed E-state index contributed by atoms with van der Waals surface area (Å²) in [7, 11) is 0. The molecule has 2 heterocycles. The standard InChI is InChI=1S/C31H42ClN3O4/c1-5-25-6-8-26(9-7-25)19-34-14-15-39-31(20-34,21-38-28-16-22(2)30(32)23(3)17-28)18-29(37)35-12-10-27(11-13-35)33-24(4)36/h6-9,16-17,27H,5,10-15,18-21H2,1-4H3,(H,33,36)/t31-/m1/s1. The minimum absolute atomic E-state index is 0.0245. The summed E-state index contributed by atoms with van der Waals surface area (Å²) in [6, 6.07) is 12.8. The van der Waals surface area contributed by atoms with Crippen LogP contribution in [0.1, 0.15) is 55.4 Å². The second kappa shape index (κ2) is 13.2. The molecule has 2 amide bonds. The molecule has 2 aliphatic rings. The maximum atomic E-state index is 13.6. The average Bonchev–Trinajstić information content (AvgIpc) is 2.91. The lowest BCUT2D eigenvalue weighted by Gasteiger charge is -2.43. The third kappa shape index (κ3) is 7.96. The first kappa shape index (κ1) is 29.4. The van der Waals surface area contributed by atoms with Gasteiger partial charge in [-0.3, -0.25) is 14.5 Å². The van der Waals surface area contributed by atoms with Gasteiger partial charge in [-0.15, -0.1) is 0 Å². The fraction of sp³-hybridized carbons (Fsp3) is 0.548. The van der Waals surface area contributed by atoms with E-state index in [4.69, 9.17) is 21.1 Å². The number of amides is 2. The van der Waals surface area contributed by atoms with Gasteiger partial charge < -0.3 is 19.7 Å². The van der Waals surface area contributed by atoms with Crippen molar-refractivity contribution in [3.8, 4) is 5.75 Å². The van der Waals surface area contributed by atoms with E-state index in [1.807, 2.05) is 30.9 Å². The Kier molecular flexibility index (Phi) is 9.91. The molecule has 8 heteroatoms. The number of benzene rings is 2. The number of nitrogens with one attached hydrogen (secondary N) is 1. The molecule has 2 aromatic carbocycles. The van der Waals surface area contributed by atoms with E-state index in [9.17, 15) is 9.59 Å². The highest BCUT2D eigenvalue weighted by atomic mass is 35.5. The quantitative estimate of drug-likeness (QED) is 0.486. The van der Waals surface area contributed by atoms with Crippen LogP contribution in [0.2, 0.25) is 5.02 Å². The lowest BCUT2D eigenvalue weighted by atomic mass is 9.95. The molecule has 0 unspecified atom stereocenters. The molecule has 0 aromatic heterocycles. The highest BCUT2D eigenvalue weighted by Gasteiger charge is 2.41. The summed E-state index contributed by atoms with van der Waals surface area (Å²) in [4.78, 5) is 29.3. The van der Waals surface area contributed by atoms with Gasteiger partial charge >= 0.3 is 0 Å². The van der Waals surface area contributed by atoms with E-state index < -0.39 is 5.60 Å². The highest BCUT2D eigenvalue weighted by molar-refractivity contribution is 6.32. The fourth-order valence-corrected chi connectivity index (χ4v) is 5.70. The van der Waals surface area contributed by atoms with Gasteiger partial charge in [0.2, 0.25) is 11.8 Å². The Balaban J connectivity index is 1.48. The maximum Gasteiger partial charge on any atom is 0.225 e. The zero-order valence-corrected chi connectivity index (χ0v) is 24.5. The molecule has 0 aliphatic carbocycles. The van der Waals surface area contributed by atoms with Gasteiger partial charge in [-0.2, -0.15) is 0 Å². The van der Waals surface area contributed by atoms with Crippen LogP contribution < -0.4 is 10.1 Å². The molecule has 0 spiro atoms. The number of aryl methyl sites for hydroxylation is 3. The number of morpholine rings is 1. The lowest BCUT2D eigenvalue weighted by Crippen LogP contribution is -2.57. The first-order valence-electron chi connectivity index (χ1n) is 14.0. The van der Waals surface area contributed by atoms with Crippen LogP contribution >= 0.6 is 11.6 Å². The van der Waals surface area contributed by atoms with Crippen molar-refractivity contribution in [2.24, 2.45) is 0 Å². The summed E-state index contributed by atoms with van der Waals surface area (Å²) < 4.78 is 12.7. The number of hydrogen-bond acceptors (Lipinski definition) is 5. The molecule has 0 saturated carbocycles. The number of nitrogens with zero attached hydrogens (tertiary/aromatic N) is 2. The third-order valence-corrected chi connectivity index (χ3v) is 8.40. The molecule has 2 saturated heterocycles. The van der Waals surface area contributed by atoms with Gasteiger partial charge in [-0.25, -0.2) is 0 Å². The number of likely N-dealkylation sites (tertiary alicyclic amines) is 1. The van der Waals surface area contributed by atoms with Crippen molar-refractivity contribution in [1.29, 1.82) is 0 Å². The van der Waals surface area contributed by atoms with E-state index in [1.165, 1.54) is 18.1 Å². The first-order chi connectivity index (χ1) is 18.7. The van der Waals surface area contributed by atoms with Gasteiger partial charge in [0.15, 0.2) is 0 Å². The summed E-state index contributed by atoms with van der Waals surface area (Å²) >= 11 is 6.37. The molecular weight excluding hydrogens is 514 g/mol. The Morgan fingerprint density at radius 3 is 2.33 bits per heavy atom. The van der Waals surface area contributed by atoms with Crippen molar-refractivity contribution in [3.05, 3.63) is 63.7 Å². The van der Waals surface area contributed by atoms with Gasteiger partial charge in [0.05, 0.1) is 13.0 Å². The number of piperidine rings is 1. The van der Waals surface area contributed by atoms with Gasteiger partial charge in [-0.05, 0) is 67.5 Å². The molecule has 2 aliphatic heterocycles. The topological polar surface area (TPSA) is 71.1 Å². The Morgan fingerprint density at radius 2 is 1.72 bits per heavy atom. The van der Waals surface area contributed by atoms with Gasteiger partial charge in [0.25, 0.3) is 0 Å². The lowest BCUT2D eigenvalue weighted by molar-refractivity contribution is -0.157. The van der Waals surface area contributed by atoms with Crippen molar-refractivity contribution < 1.29 is 19.1 Å². The smallest absolute Gasteiger partial charge is 0.225 e. The van der Waals surface area contributed by atoms with E-state index in [0.29, 0.717) is 26.2 Å². The molecule has 1 N–H and O–H groups in total. The Morgan fingerprint density at radius 1 is 1.08 bits per heavy atom. The monoisotopic (exact) mass is 555 g/mol. The van der Waals surface area contributed by atoms with Crippen LogP contribution in [-0.4, -0.2) is 72.6 Å². The molecule has 4 rings (SSSR count). The first-order valence-corrected chi connectivity index (χ1v) is 14.4. The Hall–Kier alpha value is -2.61.